The fourth-order valence-electron chi connectivity index (χ4n) is 3.03. The van der Waals surface area contributed by atoms with Gasteiger partial charge in [-0.05, 0) is 17.9 Å². The van der Waals surface area contributed by atoms with Crippen molar-refractivity contribution in [1.29, 1.82) is 0 Å². The molecule has 1 atom stereocenters. The first-order chi connectivity index (χ1) is 11.1. The first kappa shape index (κ1) is 15.3. The number of phenols is 1. The number of amides is 2. The van der Waals surface area contributed by atoms with Crippen LogP contribution in [0.2, 0.25) is 0 Å². The Morgan fingerprint density at radius 2 is 2.04 bits per heavy atom. The van der Waals surface area contributed by atoms with E-state index in [4.69, 9.17) is 0 Å². The molecule has 0 spiro atoms. The summed E-state index contributed by atoms with van der Waals surface area (Å²) in [7, 11) is 0. The zero-order chi connectivity index (χ0) is 16.4. The third-order valence-corrected chi connectivity index (χ3v) is 4.32. The number of benzene rings is 2. The standard InChI is InChI=1S/C18H20N2O3/c1-2-16(21)20-10-9-13(11-20)19-18(23)15-8-7-12-5-3-4-6-14(12)17(15)22/h3-8,13,22H,2,9-11H2,1H3,(H,19,23). The number of likely N-dealkylation sites (tertiary alicyclic amines) is 1. The van der Waals surface area contributed by atoms with Crippen LogP contribution in [0, 0.1) is 0 Å². The summed E-state index contributed by atoms with van der Waals surface area (Å²) in [4.78, 5) is 25.9. The molecule has 1 saturated heterocycles. The average Bonchev–Trinajstić information content (AvgIpc) is 3.03. The molecular formula is C18H20N2O3. The highest BCUT2D eigenvalue weighted by Gasteiger charge is 2.27. The minimum absolute atomic E-state index is 0.0000811. The lowest BCUT2D eigenvalue weighted by atomic mass is 10.0. The van der Waals surface area contributed by atoms with Crippen molar-refractivity contribution in [1.82, 2.24) is 10.2 Å². The smallest absolute Gasteiger partial charge is 0.255 e. The second-order valence-electron chi connectivity index (χ2n) is 5.84. The van der Waals surface area contributed by atoms with Gasteiger partial charge in [0, 0.05) is 30.9 Å². The molecule has 0 bridgehead atoms. The Kier molecular flexibility index (Phi) is 4.19. The molecular weight excluding hydrogens is 292 g/mol. The Hall–Kier alpha value is -2.56. The lowest BCUT2D eigenvalue weighted by molar-refractivity contribution is -0.129. The summed E-state index contributed by atoms with van der Waals surface area (Å²) >= 11 is 0. The van der Waals surface area contributed by atoms with Crippen LogP contribution in [0.1, 0.15) is 30.1 Å². The molecule has 0 radical (unpaired) electrons. The number of nitrogens with one attached hydrogen (secondary N) is 1. The Morgan fingerprint density at radius 3 is 2.83 bits per heavy atom. The second-order valence-corrected chi connectivity index (χ2v) is 5.84. The van der Waals surface area contributed by atoms with Crippen molar-refractivity contribution in [3.05, 3.63) is 42.0 Å². The maximum Gasteiger partial charge on any atom is 0.255 e. The van der Waals surface area contributed by atoms with Gasteiger partial charge in [0.2, 0.25) is 5.91 Å². The fraction of sp³-hybridized carbons (Fsp3) is 0.333. The van der Waals surface area contributed by atoms with Crippen LogP contribution < -0.4 is 5.32 Å². The van der Waals surface area contributed by atoms with Gasteiger partial charge in [-0.15, -0.1) is 0 Å². The Morgan fingerprint density at radius 1 is 1.26 bits per heavy atom. The highest BCUT2D eigenvalue weighted by atomic mass is 16.3. The van der Waals surface area contributed by atoms with E-state index < -0.39 is 0 Å². The predicted octanol–water partition coefficient (Wildman–Crippen LogP) is 2.29. The molecule has 2 amide bonds. The van der Waals surface area contributed by atoms with Crippen LogP contribution in [-0.2, 0) is 4.79 Å². The minimum atomic E-state index is -0.302. The molecule has 5 heteroatoms. The molecule has 1 aliphatic rings. The number of hydrogen-bond donors (Lipinski definition) is 2. The van der Waals surface area contributed by atoms with Gasteiger partial charge >= 0.3 is 0 Å². The third-order valence-electron chi connectivity index (χ3n) is 4.32. The van der Waals surface area contributed by atoms with Gasteiger partial charge in [-0.2, -0.15) is 0 Å². The monoisotopic (exact) mass is 312 g/mol. The van der Waals surface area contributed by atoms with Crippen LogP contribution in [0.15, 0.2) is 36.4 Å². The first-order valence-electron chi connectivity index (χ1n) is 7.89. The first-order valence-corrected chi connectivity index (χ1v) is 7.89. The molecule has 0 aromatic heterocycles. The van der Waals surface area contributed by atoms with E-state index in [0.29, 0.717) is 24.9 Å². The largest absolute Gasteiger partial charge is 0.506 e. The van der Waals surface area contributed by atoms with Gasteiger partial charge in [0.1, 0.15) is 5.75 Å². The highest BCUT2D eigenvalue weighted by Crippen LogP contribution is 2.28. The van der Waals surface area contributed by atoms with Gasteiger partial charge in [-0.3, -0.25) is 9.59 Å². The van der Waals surface area contributed by atoms with E-state index in [2.05, 4.69) is 5.32 Å². The molecule has 23 heavy (non-hydrogen) atoms. The van der Waals surface area contributed by atoms with Crippen LogP contribution in [0.4, 0.5) is 0 Å². The quantitative estimate of drug-likeness (QED) is 0.913. The average molecular weight is 312 g/mol. The second kappa shape index (κ2) is 6.28. The Bertz CT molecular complexity index is 757. The molecule has 2 N–H and O–H groups in total. The van der Waals surface area contributed by atoms with Crippen molar-refractivity contribution >= 4 is 22.6 Å². The van der Waals surface area contributed by atoms with Crippen molar-refractivity contribution in [3.63, 3.8) is 0 Å². The van der Waals surface area contributed by atoms with Crippen molar-refractivity contribution in [2.45, 2.75) is 25.8 Å². The fourth-order valence-corrected chi connectivity index (χ4v) is 3.03. The van der Waals surface area contributed by atoms with Crippen LogP contribution in [-0.4, -0.2) is 41.0 Å². The molecule has 1 aliphatic heterocycles. The summed E-state index contributed by atoms with van der Waals surface area (Å²) in [6.07, 6.45) is 1.22. The maximum absolute atomic E-state index is 12.4. The summed E-state index contributed by atoms with van der Waals surface area (Å²) in [5, 5.41) is 14.8. The van der Waals surface area contributed by atoms with E-state index in [1.807, 2.05) is 31.2 Å². The molecule has 120 valence electrons. The van der Waals surface area contributed by atoms with Crippen molar-refractivity contribution in [3.8, 4) is 5.75 Å². The number of fused-ring (bicyclic) bond motifs is 1. The topological polar surface area (TPSA) is 69.6 Å². The predicted molar refractivity (Wildman–Crippen MR) is 88.4 cm³/mol. The molecule has 0 saturated carbocycles. The van der Waals surface area contributed by atoms with Crippen LogP contribution >= 0.6 is 0 Å². The normalized spacial score (nSPS) is 17.4. The van der Waals surface area contributed by atoms with Gasteiger partial charge in [0.25, 0.3) is 5.91 Å². The number of aromatic hydroxyl groups is 1. The minimum Gasteiger partial charge on any atom is -0.506 e. The Labute approximate surface area is 134 Å². The van der Waals surface area contributed by atoms with E-state index in [1.165, 1.54) is 0 Å². The summed E-state index contributed by atoms with van der Waals surface area (Å²) < 4.78 is 0. The van der Waals surface area contributed by atoms with Crippen molar-refractivity contribution < 1.29 is 14.7 Å². The molecule has 3 rings (SSSR count). The zero-order valence-corrected chi connectivity index (χ0v) is 13.1. The molecule has 2 aromatic carbocycles. The zero-order valence-electron chi connectivity index (χ0n) is 13.1. The summed E-state index contributed by atoms with van der Waals surface area (Å²) in [6.45, 7) is 3.04. The summed E-state index contributed by atoms with van der Waals surface area (Å²) in [6, 6.07) is 10.8. The van der Waals surface area contributed by atoms with E-state index >= 15 is 0 Å². The number of hydrogen-bond acceptors (Lipinski definition) is 3. The number of nitrogens with zero attached hydrogens (tertiary/aromatic N) is 1. The molecule has 0 aliphatic carbocycles. The van der Waals surface area contributed by atoms with Gasteiger partial charge in [0.05, 0.1) is 5.56 Å². The number of carbonyl (C=O) groups is 2. The van der Waals surface area contributed by atoms with Crippen LogP contribution in [0.25, 0.3) is 10.8 Å². The van der Waals surface area contributed by atoms with Crippen LogP contribution in [0.3, 0.4) is 0 Å². The van der Waals surface area contributed by atoms with Crippen molar-refractivity contribution in [2.24, 2.45) is 0 Å². The lowest BCUT2D eigenvalue weighted by Gasteiger charge is -2.16. The number of rotatable bonds is 3. The van der Waals surface area contributed by atoms with Gasteiger partial charge < -0.3 is 15.3 Å². The molecule has 1 fully saturated rings. The number of carbonyl (C=O) groups excluding carboxylic acids is 2. The Balaban J connectivity index is 1.74. The third kappa shape index (κ3) is 2.99. The highest BCUT2D eigenvalue weighted by molar-refractivity contribution is 6.03. The number of phenolic OH excluding ortho intramolecular Hbond substituents is 1. The molecule has 5 nitrogen and oxygen atoms in total. The summed E-state index contributed by atoms with van der Waals surface area (Å²) in [5.74, 6) is -0.195. The van der Waals surface area contributed by atoms with E-state index in [1.54, 1.807) is 17.0 Å². The molecule has 1 unspecified atom stereocenters. The van der Waals surface area contributed by atoms with E-state index in [9.17, 15) is 14.7 Å². The van der Waals surface area contributed by atoms with E-state index in [0.717, 1.165) is 11.8 Å². The van der Waals surface area contributed by atoms with Gasteiger partial charge in [0.15, 0.2) is 0 Å². The van der Waals surface area contributed by atoms with Gasteiger partial charge in [-0.1, -0.05) is 37.3 Å². The lowest BCUT2D eigenvalue weighted by Crippen LogP contribution is -2.38. The van der Waals surface area contributed by atoms with Crippen molar-refractivity contribution in [2.75, 3.05) is 13.1 Å². The molecule has 1 heterocycles. The van der Waals surface area contributed by atoms with Crippen LogP contribution in [0.5, 0.6) is 5.75 Å². The van der Waals surface area contributed by atoms with Gasteiger partial charge in [-0.25, -0.2) is 0 Å². The SMILES string of the molecule is CCC(=O)N1CCC(NC(=O)c2ccc3ccccc3c2O)C1. The molecule has 2 aromatic rings. The van der Waals surface area contributed by atoms with E-state index in [-0.39, 0.29) is 29.2 Å². The maximum atomic E-state index is 12.4. The summed E-state index contributed by atoms with van der Waals surface area (Å²) in [5.41, 5.74) is 0.268.